The molecule has 0 radical (unpaired) electrons. The van der Waals surface area contributed by atoms with Crippen molar-refractivity contribution in [2.45, 2.75) is 19.5 Å². The second-order valence-electron chi connectivity index (χ2n) is 3.98. The molecule has 0 fully saturated rings. The summed E-state index contributed by atoms with van der Waals surface area (Å²) < 4.78 is 0. The van der Waals surface area contributed by atoms with Crippen LogP contribution in [0, 0.1) is 0 Å². The third-order valence-corrected chi connectivity index (χ3v) is 4.23. The minimum absolute atomic E-state index is 0.352. The second kappa shape index (κ2) is 6.49. The number of hydrogen-bond acceptors (Lipinski definition) is 4. The van der Waals surface area contributed by atoms with Crippen molar-refractivity contribution in [1.82, 2.24) is 4.90 Å². The Morgan fingerprint density at radius 1 is 1.05 bits per heavy atom. The number of carbonyl (C=O) groups is 2. The van der Waals surface area contributed by atoms with E-state index in [9.17, 15) is 9.59 Å². The summed E-state index contributed by atoms with van der Waals surface area (Å²) in [5.41, 5.74) is 0. The Balaban J connectivity index is 2.08. The molecular formula is C13H13NO3S2. The molecule has 6 heteroatoms. The fourth-order valence-electron chi connectivity index (χ4n) is 1.65. The van der Waals surface area contributed by atoms with Crippen molar-refractivity contribution < 1.29 is 14.7 Å². The molecule has 2 aromatic rings. The zero-order valence-corrected chi connectivity index (χ0v) is 11.7. The predicted octanol–water partition coefficient (Wildman–Crippen LogP) is 2.81. The Kier molecular flexibility index (Phi) is 4.70. The van der Waals surface area contributed by atoms with Gasteiger partial charge in [0.05, 0.1) is 13.1 Å². The molecule has 0 aliphatic rings. The van der Waals surface area contributed by atoms with E-state index >= 15 is 0 Å². The molecule has 4 nitrogen and oxygen atoms in total. The third kappa shape index (κ3) is 4.18. The summed E-state index contributed by atoms with van der Waals surface area (Å²) in [6.07, 6.45) is -0.462. The van der Waals surface area contributed by atoms with Crippen molar-refractivity contribution in [2.24, 2.45) is 0 Å². The van der Waals surface area contributed by atoms with Gasteiger partial charge in [-0.05, 0) is 22.9 Å². The van der Waals surface area contributed by atoms with Crippen LogP contribution in [0.5, 0.6) is 0 Å². The quantitative estimate of drug-likeness (QED) is 0.834. The average Bonchev–Trinajstić information content (AvgIpc) is 2.99. The largest absolute Gasteiger partial charge is 0.481 e. The maximum atomic E-state index is 12.0. The van der Waals surface area contributed by atoms with Crippen molar-refractivity contribution in [2.75, 3.05) is 0 Å². The Morgan fingerprint density at radius 3 is 1.95 bits per heavy atom. The first-order valence-electron chi connectivity index (χ1n) is 5.69. The average molecular weight is 295 g/mol. The summed E-state index contributed by atoms with van der Waals surface area (Å²) in [7, 11) is 0. The first-order valence-corrected chi connectivity index (χ1v) is 7.45. The Hall–Kier alpha value is -1.66. The Morgan fingerprint density at radius 2 is 1.58 bits per heavy atom. The highest BCUT2D eigenvalue weighted by Gasteiger charge is 2.18. The van der Waals surface area contributed by atoms with Gasteiger partial charge in [0.2, 0.25) is 5.91 Å². The Labute approximate surface area is 118 Å². The fourth-order valence-corrected chi connectivity index (χ4v) is 3.09. The van der Waals surface area contributed by atoms with E-state index in [1.807, 2.05) is 35.0 Å². The summed E-state index contributed by atoms with van der Waals surface area (Å²) in [6.45, 7) is 0.920. The zero-order valence-electron chi connectivity index (χ0n) is 10.1. The lowest BCUT2D eigenvalue weighted by molar-refractivity contribution is -0.144. The van der Waals surface area contributed by atoms with Gasteiger partial charge >= 0.3 is 5.97 Å². The minimum Gasteiger partial charge on any atom is -0.481 e. The molecule has 0 atom stereocenters. The van der Waals surface area contributed by atoms with Gasteiger partial charge in [-0.15, -0.1) is 22.7 Å². The predicted molar refractivity (Wildman–Crippen MR) is 75.1 cm³/mol. The van der Waals surface area contributed by atoms with Gasteiger partial charge in [-0.3, -0.25) is 9.59 Å². The molecule has 2 heterocycles. The summed E-state index contributed by atoms with van der Waals surface area (Å²) in [5, 5.41) is 12.6. The molecule has 0 bridgehead atoms. The maximum Gasteiger partial charge on any atom is 0.312 e. The van der Waals surface area contributed by atoms with Crippen molar-refractivity contribution in [3.05, 3.63) is 44.8 Å². The molecule has 0 aliphatic heterocycles. The number of carboxylic acids is 1. The van der Waals surface area contributed by atoms with Crippen LogP contribution in [0.4, 0.5) is 0 Å². The lowest BCUT2D eigenvalue weighted by Gasteiger charge is -2.20. The molecule has 2 rings (SSSR count). The molecule has 19 heavy (non-hydrogen) atoms. The highest BCUT2D eigenvalue weighted by molar-refractivity contribution is 7.10. The highest BCUT2D eigenvalue weighted by Crippen LogP contribution is 2.17. The van der Waals surface area contributed by atoms with E-state index < -0.39 is 12.4 Å². The van der Waals surface area contributed by atoms with Crippen LogP contribution in [0.15, 0.2) is 35.0 Å². The summed E-state index contributed by atoms with van der Waals surface area (Å²) in [6, 6.07) is 7.73. The van der Waals surface area contributed by atoms with Crippen LogP contribution < -0.4 is 0 Å². The molecule has 0 unspecified atom stereocenters. The molecule has 100 valence electrons. The van der Waals surface area contributed by atoms with Gasteiger partial charge < -0.3 is 10.0 Å². The van der Waals surface area contributed by atoms with Crippen molar-refractivity contribution >= 4 is 34.6 Å². The smallest absolute Gasteiger partial charge is 0.312 e. The van der Waals surface area contributed by atoms with Gasteiger partial charge in [-0.2, -0.15) is 0 Å². The minimum atomic E-state index is -1.09. The molecule has 0 saturated heterocycles. The molecule has 0 spiro atoms. The highest BCUT2D eigenvalue weighted by atomic mass is 32.1. The summed E-state index contributed by atoms with van der Waals surface area (Å²) in [4.78, 5) is 26.3. The molecule has 0 aliphatic carbocycles. The molecule has 2 aromatic heterocycles. The molecular weight excluding hydrogens is 282 g/mol. The van der Waals surface area contributed by atoms with Crippen molar-refractivity contribution in [3.63, 3.8) is 0 Å². The molecule has 0 saturated carbocycles. The van der Waals surface area contributed by atoms with Crippen LogP contribution in [0.1, 0.15) is 16.2 Å². The van der Waals surface area contributed by atoms with Gasteiger partial charge in [0.15, 0.2) is 0 Å². The van der Waals surface area contributed by atoms with Crippen molar-refractivity contribution in [3.8, 4) is 0 Å². The van der Waals surface area contributed by atoms with E-state index in [1.54, 1.807) is 27.6 Å². The second-order valence-corrected chi connectivity index (χ2v) is 6.04. The number of carboxylic acid groups (broad SMARTS) is 1. The third-order valence-electron chi connectivity index (χ3n) is 2.51. The molecule has 0 aromatic carbocycles. The van der Waals surface area contributed by atoms with Crippen LogP contribution in [0.3, 0.4) is 0 Å². The first-order chi connectivity index (χ1) is 9.15. The van der Waals surface area contributed by atoms with E-state index in [4.69, 9.17) is 5.11 Å². The van der Waals surface area contributed by atoms with Crippen LogP contribution in [0.25, 0.3) is 0 Å². The topological polar surface area (TPSA) is 57.6 Å². The maximum absolute atomic E-state index is 12.0. The number of rotatable bonds is 6. The van der Waals surface area contributed by atoms with Crippen LogP contribution in [-0.2, 0) is 22.7 Å². The molecule has 1 amide bonds. The van der Waals surface area contributed by atoms with Crippen LogP contribution in [-0.4, -0.2) is 21.9 Å². The number of thiophene rings is 2. The first kappa shape index (κ1) is 13.8. The normalized spacial score (nSPS) is 10.3. The number of hydrogen-bond donors (Lipinski definition) is 1. The fraction of sp³-hybridized carbons (Fsp3) is 0.231. The SMILES string of the molecule is O=C(O)CC(=O)N(Cc1cccs1)Cc1cccs1. The number of aliphatic carboxylic acids is 1. The zero-order chi connectivity index (χ0) is 13.7. The van der Waals surface area contributed by atoms with E-state index in [0.717, 1.165) is 9.75 Å². The number of amides is 1. The Bertz CT molecular complexity index is 498. The van der Waals surface area contributed by atoms with Crippen LogP contribution in [0.2, 0.25) is 0 Å². The van der Waals surface area contributed by atoms with Crippen molar-refractivity contribution in [1.29, 1.82) is 0 Å². The van der Waals surface area contributed by atoms with Crippen LogP contribution >= 0.6 is 22.7 Å². The van der Waals surface area contributed by atoms with Gasteiger partial charge in [0.1, 0.15) is 6.42 Å². The lowest BCUT2D eigenvalue weighted by Crippen LogP contribution is -2.31. The van der Waals surface area contributed by atoms with E-state index in [-0.39, 0.29) is 5.91 Å². The van der Waals surface area contributed by atoms with E-state index in [1.165, 1.54) is 0 Å². The summed E-state index contributed by atoms with van der Waals surface area (Å²) >= 11 is 3.12. The van der Waals surface area contributed by atoms with E-state index in [0.29, 0.717) is 13.1 Å². The lowest BCUT2D eigenvalue weighted by atomic mass is 10.3. The summed E-state index contributed by atoms with van der Waals surface area (Å²) in [5.74, 6) is -1.44. The molecule has 1 N–H and O–H groups in total. The standard InChI is InChI=1S/C13H13NO3S2/c15-12(7-13(16)17)14(8-10-3-1-5-18-10)9-11-4-2-6-19-11/h1-6H,7-9H2,(H,16,17). The van der Waals surface area contributed by atoms with Gasteiger partial charge in [-0.1, -0.05) is 12.1 Å². The number of carbonyl (C=O) groups excluding carboxylic acids is 1. The van der Waals surface area contributed by atoms with E-state index in [2.05, 4.69) is 0 Å². The van der Waals surface area contributed by atoms with Gasteiger partial charge in [-0.25, -0.2) is 0 Å². The monoisotopic (exact) mass is 295 g/mol. The number of nitrogens with zero attached hydrogens (tertiary/aromatic N) is 1. The van der Waals surface area contributed by atoms with Gasteiger partial charge in [0.25, 0.3) is 0 Å². The van der Waals surface area contributed by atoms with Gasteiger partial charge in [0, 0.05) is 9.75 Å².